The number of amides is 1. The zero-order valence-electron chi connectivity index (χ0n) is 10.1. The first kappa shape index (κ1) is 11.9. The van der Waals surface area contributed by atoms with Gasteiger partial charge in [-0.2, -0.15) is 0 Å². The van der Waals surface area contributed by atoms with Crippen molar-refractivity contribution in [1.82, 2.24) is 4.98 Å². The summed E-state index contributed by atoms with van der Waals surface area (Å²) in [5, 5.41) is 0. The van der Waals surface area contributed by atoms with Gasteiger partial charge in [0.25, 0.3) is 0 Å². The largest absolute Gasteiger partial charge is 0.380 e. The van der Waals surface area contributed by atoms with E-state index in [4.69, 9.17) is 10.5 Å². The van der Waals surface area contributed by atoms with Crippen molar-refractivity contribution in [3.05, 3.63) is 24.0 Å². The van der Waals surface area contributed by atoms with E-state index in [1.165, 1.54) is 0 Å². The average Bonchev–Trinajstić information content (AvgIpc) is 2.73. The van der Waals surface area contributed by atoms with Crippen LogP contribution in [0.3, 0.4) is 0 Å². The Hall–Kier alpha value is -1.62. The third-order valence-electron chi connectivity index (χ3n) is 3.14. The zero-order chi connectivity index (χ0) is 12.4. The van der Waals surface area contributed by atoms with Crippen LogP contribution in [0.2, 0.25) is 0 Å². The lowest BCUT2D eigenvalue weighted by Crippen LogP contribution is -2.40. The second kappa shape index (κ2) is 4.71. The Bertz CT molecular complexity index is 422. The van der Waals surface area contributed by atoms with E-state index < -0.39 is 0 Å². The normalized spacial score (nSPS) is 24.0. The van der Waals surface area contributed by atoms with E-state index in [1.54, 1.807) is 13.3 Å². The van der Waals surface area contributed by atoms with Crippen LogP contribution < -0.4 is 10.6 Å². The highest BCUT2D eigenvalue weighted by atomic mass is 16.5. The first-order chi connectivity index (χ1) is 8.11. The number of primary amides is 1. The third kappa shape index (κ3) is 2.39. The van der Waals surface area contributed by atoms with Crippen molar-refractivity contribution in [2.45, 2.75) is 25.5 Å². The quantitative estimate of drug-likeness (QED) is 0.827. The molecule has 1 aromatic rings. The molecule has 1 aliphatic heterocycles. The molecule has 0 saturated carbocycles. The summed E-state index contributed by atoms with van der Waals surface area (Å²) < 4.78 is 5.31. The summed E-state index contributed by atoms with van der Waals surface area (Å²) in [7, 11) is 1.66. The number of pyridine rings is 1. The number of nitrogens with zero attached hydrogens (tertiary/aromatic N) is 2. The highest BCUT2D eigenvalue weighted by molar-refractivity contribution is 5.84. The summed E-state index contributed by atoms with van der Waals surface area (Å²) in [6, 6.07) is 3.55. The Balaban J connectivity index is 2.26. The molecule has 5 nitrogen and oxygen atoms in total. The monoisotopic (exact) mass is 235 g/mol. The topological polar surface area (TPSA) is 68.5 Å². The van der Waals surface area contributed by atoms with Gasteiger partial charge in [-0.15, -0.1) is 0 Å². The molecule has 5 heteroatoms. The van der Waals surface area contributed by atoms with Crippen molar-refractivity contribution in [3.8, 4) is 0 Å². The summed E-state index contributed by atoms with van der Waals surface area (Å²) in [4.78, 5) is 17.6. The smallest absolute Gasteiger partial charge is 0.240 e. The molecule has 0 aromatic carbocycles. The van der Waals surface area contributed by atoms with Crippen molar-refractivity contribution in [1.29, 1.82) is 0 Å². The summed E-state index contributed by atoms with van der Waals surface area (Å²) in [5.41, 5.74) is 7.32. The van der Waals surface area contributed by atoms with Crippen LogP contribution >= 0.6 is 0 Å². The Kier molecular flexibility index (Phi) is 3.28. The van der Waals surface area contributed by atoms with Gasteiger partial charge in [0.2, 0.25) is 5.91 Å². The Labute approximate surface area is 101 Å². The predicted octanol–water partition coefficient (Wildman–Crippen LogP) is 0.469. The van der Waals surface area contributed by atoms with Crippen molar-refractivity contribution in [3.63, 3.8) is 0 Å². The summed E-state index contributed by atoms with van der Waals surface area (Å²) >= 11 is 0. The molecule has 0 bridgehead atoms. The molecule has 0 radical (unpaired) electrons. The summed E-state index contributed by atoms with van der Waals surface area (Å²) in [5.74, 6) is -0.306. The van der Waals surface area contributed by atoms with Gasteiger partial charge in [-0.3, -0.25) is 9.78 Å². The number of aromatic nitrogens is 1. The van der Waals surface area contributed by atoms with Crippen LogP contribution in [0.25, 0.3) is 0 Å². The van der Waals surface area contributed by atoms with E-state index in [-0.39, 0.29) is 18.1 Å². The molecule has 0 aliphatic carbocycles. The van der Waals surface area contributed by atoms with Gasteiger partial charge in [-0.1, -0.05) is 0 Å². The van der Waals surface area contributed by atoms with E-state index in [2.05, 4.69) is 4.98 Å². The van der Waals surface area contributed by atoms with Crippen molar-refractivity contribution in [2.24, 2.45) is 5.73 Å². The Morgan fingerprint density at radius 2 is 2.41 bits per heavy atom. The fourth-order valence-electron chi connectivity index (χ4n) is 2.23. The fraction of sp³-hybridized carbons (Fsp3) is 0.500. The van der Waals surface area contributed by atoms with Gasteiger partial charge < -0.3 is 15.4 Å². The van der Waals surface area contributed by atoms with Gasteiger partial charge in [0, 0.05) is 37.7 Å². The molecule has 2 heterocycles. The van der Waals surface area contributed by atoms with Crippen LogP contribution in [0.4, 0.5) is 5.69 Å². The van der Waals surface area contributed by atoms with Gasteiger partial charge in [-0.25, -0.2) is 0 Å². The number of hydrogen-bond acceptors (Lipinski definition) is 4. The van der Waals surface area contributed by atoms with Gasteiger partial charge in [-0.05, 0) is 19.1 Å². The van der Waals surface area contributed by atoms with E-state index in [1.807, 2.05) is 24.0 Å². The van der Waals surface area contributed by atoms with Crippen LogP contribution in [0.5, 0.6) is 0 Å². The predicted molar refractivity (Wildman–Crippen MR) is 64.7 cm³/mol. The van der Waals surface area contributed by atoms with E-state index in [0.29, 0.717) is 13.0 Å². The Morgan fingerprint density at radius 3 is 3.00 bits per heavy atom. The summed E-state index contributed by atoms with van der Waals surface area (Å²) in [6.07, 6.45) is 2.44. The molecule has 17 heavy (non-hydrogen) atoms. The number of rotatable bonds is 3. The molecule has 1 fully saturated rings. The van der Waals surface area contributed by atoms with E-state index in [9.17, 15) is 4.79 Å². The first-order valence-electron chi connectivity index (χ1n) is 5.63. The minimum absolute atomic E-state index is 0.0565. The lowest BCUT2D eigenvalue weighted by molar-refractivity contribution is -0.119. The summed E-state index contributed by atoms with van der Waals surface area (Å²) in [6.45, 7) is 2.61. The number of aryl methyl sites for hydroxylation is 1. The number of carbonyl (C=O) groups excluding carboxylic acids is 1. The molecule has 1 aromatic heterocycles. The number of ether oxygens (including phenoxy) is 1. The molecule has 2 N–H and O–H groups in total. The van der Waals surface area contributed by atoms with Gasteiger partial charge in [0.05, 0.1) is 6.10 Å². The van der Waals surface area contributed by atoms with Crippen LogP contribution in [-0.4, -0.2) is 36.7 Å². The molecule has 2 atom stereocenters. The van der Waals surface area contributed by atoms with Crippen molar-refractivity contribution >= 4 is 11.6 Å². The minimum atomic E-state index is -0.306. The Morgan fingerprint density at radius 1 is 1.65 bits per heavy atom. The number of nitrogens with two attached hydrogens (primary N) is 1. The van der Waals surface area contributed by atoms with Crippen molar-refractivity contribution < 1.29 is 9.53 Å². The fourth-order valence-corrected chi connectivity index (χ4v) is 2.23. The lowest BCUT2D eigenvalue weighted by atomic mass is 10.2. The van der Waals surface area contributed by atoms with Crippen LogP contribution in [0.1, 0.15) is 12.1 Å². The maximum absolute atomic E-state index is 11.4. The van der Waals surface area contributed by atoms with Gasteiger partial charge in [0.15, 0.2) is 0 Å². The second-order valence-corrected chi connectivity index (χ2v) is 4.32. The highest BCUT2D eigenvalue weighted by Crippen LogP contribution is 2.26. The van der Waals surface area contributed by atoms with E-state index >= 15 is 0 Å². The molecule has 0 spiro atoms. The molecule has 0 unspecified atom stereocenters. The van der Waals surface area contributed by atoms with Crippen LogP contribution in [-0.2, 0) is 9.53 Å². The maximum atomic E-state index is 11.4. The van der Waals surface area contributed by atoms with Gasteiger partial charge in [0.1, 0.15) is 6.04 Å². The van der Waals surface area contributed by atoms with E-state index in [0.717, 1.165) is 11.4 Å². The first-order valence-corrected chi connectivity index (χ1v) is 5.63. The number of hydrogen-bond donors (Lipinski definition) is 1. The number of anilines is 1. The minimum Gasteiger partial charge on any atom is -0.380 e. The molecule has 1 aliphatic rings. The SMILES string of the molecule is CO[C@H]1C[C@@H](C(N)=O)N(c2ccnc(C)c2)C1. The van der Waals surface area contributed by atoms with Crippen LogP contribution in [0.15, 0.2) is 18.3 Å². The standard InChI is InChI=1S/C12H17N3O2/c1-8-5-9(3-4-14-8)15-7-10(17-2)6-11(15)12(13)16/h3-5,10-11H,6-7H2,1-2H3,(H2,13,16)/t10-,11-/m0/s1. The number of carbonyl (C=O) groups is 1. The molecular formula is C12H17N3O2. The van der Waals surface area contributed by atoms with Gasteiger partial charge >= 0.3 is 0 Å². The molecule has 1 saturated heterocycles. The second-order valence-electron chi connectivity index (χ2n) is 4.32. The number of methoxy groups -OCH3 is 1. The van der Waals surface area contributed by atoms with Crippen molar-refractivity contribution in [2.75, 3.05) is 18.6 Å². The lowest BCUT2D eigenvalue weighted by Gasteiger charge is -2.24. The molecule has 1 amide bonds. The van der Waals surface area contributed by atoms with Crippen LogP contribution in [0, 0.1) is 6.92 Å². The molecule has 92 valence electrons. The average molecular weight is 235 g/mol. The maximum Gasteiger partial charge on any atom is 0.240 e. The molecule has 2 rings (SSSR count). The molecular weight excluding hydrogens is 218 g/mol. The zero-order valence-corrected chi connectivity index (χ0v) is 10.1. The third-order valence-corrected chi connectivity index (χ3v) is 3.14. The highest BCUT2D eigenvalue weighted by Gasteiger charge is 2.35.